The van der Waals surface area contributed by atoms with E-state index in [0.717, 1.165) is 11.8 Å². The van der Waals surface area contributed by atoms with Crippen LogP contribution in [0.3, 0.4) is 0 Å². The summed E-state index contributed by atoms with van der Waals surface area (Å²) in [6.45, 7) is 8.26. The molecule has 2 rings (SSSR count). The molecule has 2 fully saturated rings. The molecule has 0 bridgehead atoms. The lowest BCUT2D eigenvalue weighted by Gasteiger charge is -2.47. The van der Waals surface area contributed by atoms with E-state index in [1.807, 2.05) is 0 Å². The highest BCUT2D eigenvalue weighted by Gasteiger charge is 2.40. The maximum atomic E-state index is 3.76. The predicted molar refractivity (Wildman–Crippen MR) is 59.0 cm³/mol. The Hall–Kier alpha value is 0.270. The van der Waals surface area contributed by atoms with Gasteiger partial charge in [-0.05, 0) is 37.1 Å². The van der Waals surface area contributed by atoms with E-state index in [4.69, 9.17) is 0 Å². The third-order valence-corrected chi connectivity index (χ3v) is 5.30. The van der Waals surface area contributed by atoms with Gasteiger partial charge in [-0.3, -0.25) is 0 Å². The number of rotatable bonds is 0. The molecule has 0 amide bonds. The molecule has 0 aliphatic carbocycles. The van der Waals surface area contributed by atoms with E-state index in [1.165, 1.54) is 31.8 Å². The number of hydrogen-bond donors (Lipinski definition) is 2. The van der Waals surface area contributed by atoms with Crippen molar-refractivity contribution in [3.05, 3.63) is 0 Å². The summed E-state index contributed by atoms with van der Waals surface area (Å²) in [5, 5.41) is 7.22. The summed E-state index contributed by atoms with van der Waals surface area (Å²) >= 11 is 2.15. The zero-order valence-corrected chi connectivity index (χ0v) is 9.41. The van der Waals surface area contributed by atoms with Crippen molar-refractivity contribution in [2.24, 2.45) is 11.8 Å². The van der Waals surface area contributed by atoms with Gasteiger partial charge in [0.05, 0.1) is 4.87 Å². The van der Waals surface area contributed by atoms with Gasteiger partial charge in [0.25, 0.3) is 0 Å². The van der Waals surface area contributed by atoms with Crippen molar-refractivity contribution in [3.8, 4) is 0 Å². The maximum absolute atomic E-state index is 3.76. The van der Waals surface area contributed by atoms with E-state index >= 15 is 0 Å². The Morgan fingerprint density at radius 1 is 1.31 bits per heavy atom. The summed E-state index contributed by atoms with van der Waals surface area (Å²) in [5.41, 5.74) is 0. The summed E-state index contributed by atoms with van der Waals surface area (Å²) in [6.07, 6.45) is 1.28. The second kappa shape index (κ2) is 3.79. The van der Waals surface area contributed by atoms with E-state index < -0.39 is 0 Å². The molecule has 1 spiro atoms. The van der Waals surface area contributed by atoms with Gasteiger partial charge in [-0.15, -0.1) is 11.8 Å². The summed E-state index contributed by atoms with van der Waals surface area (Å²) in [7, 11) is 0. The first kappa shape index (κ1) is 9.81. The van der Waals surface area contributed by atoms with Crippen LogP contribution in [-0.4, -0.2) is 30.3 Å². The largest absolute Gasteiger partial charge is 0.316 e. The molecular formula is C10H20N2S. The summed E-state index contributed by atoms with van der Waals surface area (Å²) < 4.78 is 0. The van der Waals surface area contributed by atoms with Crippen molar-refractivity contribution in [1.82, 2.24) is 10.6 Å². The van der Waals surface area contributed by atoms with Crippen molar-refractivity contribution in [2.45, 2.75) is 25.1 Å². The molecule has 2 saturated heterocycles. The van der Waals surface area contributed by atoms with Crippen LogP contribution in [0.4, 0.5) is 0 Å². The van der Waals surface area contributed by atoms with E-state index in [0.29, 0.717) is 4.87 Å². The van der Waals surface area contributed by atoms with Crippen LogP contribution in [0, 0.1) is 11.8 Å². The second-order valence-corrected chi connectivity index (χ2v) is 5.89. The van der Waals surface area contributed by atoms with Gasteiger partial charge in [0.1, 0.15) is 0 Å². The molecule has 0 aromatic carbocycles. The first-order valence-electron chi connectivity index (χ1n) is 5.33. The van der Waals surface area contributed by atoms with Crippen LogP contribution in [0.25, 0.3) is 0 Å². The van der Waals surface area contributed by atoms with Crippen LogP contribution in [0.2, 0.25) is 0 Å². The minimum absolute atomic E-state index is 0.401. The van der Waals surface area contributed by atoms with Crippen LogP contribution < -0.4 is 10.6 Å². The third-order valence-electron chi connectivity index (χ3n) is 3.29. The zero-order chi connectivity index (χ0) is 9.31. The molecule has 13 heavy (non-hydrogen) atoms. The van der Waals surface area contributed by atoms with Crippen LogP contribution in [0.5, 0.6) is 0 Å². The van der Waals surface area contributed by atoms with Gasteiger partial charge in [0.2, 0.25) is 0 Å². The maximum Gasteiger partial charge on any atom is 0.0695 e. The fourth-order valence-corrected chi connectivity index (χ4v) is 3.73. The highest BCUT2D eigenvalue weighted by molar-refractivity contribution is 8.00. The number of thioether (sulfide) groups is 1. The average molecular weight is 200 g/mol. The van der Waals surface area contributed by atoms with Crippen LogP contribution in [0.15, 0.2) is 0 Å². The number of piperidine rings is 1. The molecular weight excluding hydrogens is 180 g/mol. The molecule has 0 saturated carbocycles. The molecule has 2 aliphatic heterocycles. The molecule has 0 aromatic rings. The molecule has 3 heteroatoms. The predicted octanol–water partition coefficient (Wildman–Crippen LogP) is 1.28. The van der Waals surface area contributed by atoms with Gasteiger partial charge in [0, 0.05) is 6.54 Å². The highest BCUT2D eigenvalue weighted by Crippen LogP contribution is 2.39. The third kappa shape index (κ3) is 1.88. The molecule has 0 radical (unpaired) electrons. The Bertz CT molecular complexity index is 176. The second-order valence-electron chi connectivity index (χ2n) is 4.54. The molecule has 2 nitrogen and oxygen atoms in total. The van der Waals surface area contributed by atoms with Gasteiger partial charge in [0.15, 0.2) is 0 Å². The Balaban J connectivity index is 2.01. The fourth-order valence-electron chi connectivity index (χ4n) is 2.23. The minimum Gasteiger partial charge on any atom is -0.316 e. The lowest BCUT2D eigenvalue weighted by molar-refractivity contribution is 0.247. The first-order chi connectivity index (χ1) is 6.23. The van der Waals surface area contributed by atoms with E-state index in [1.54, 1.807) is 0 Å². The van der Waals surface area contributed by atoms with Gasteiger partial charge in [-0.25, -0.2) is 0 Å². The Morgan fingerprint density at radius 2 is 2.15 bits per heavy atom. The van der Waals surface area contributed by atoms with Crippen LogP contribution in [-0.2, 0) is 0 Å². The van der Waals surface area contributed by atoms with Crippen molar-refractivity contribution >= 4 is 11.8 Å². The van der Waals surface area contributed by atoms with Gasteiger partial charge < -0.3 is 10.6 Å². The highest BCUT2D eigenvalue weighted by atomic mass is 32.2. The van der Waals surface area contributed by atoms with Crippen LogP contribution >= 0.6 is 11.8 Å². The average Bonchev–Trinajstić information content (AvgIpc) is 2.15. The normalized spacial score (nSPS) is 46.6. The SMILES string of the molecule is CC1CNC2(CCNCC2C)SC1. The molecule has 3 unspecified atom stereocenters. The van der Waals surface area contributed by atoms with E-state index in [9.17, 15) is 0 Å². The lowest BCUT2D eigenvalue weighted by atomic mass is 9.93. The zero-order valence-electron chi connectivity index (χ0n) is 8.60. The van der Waals surface area contributed by atoms with E-state index in [2.05, 4.69) is 36.2 Å². The molecule has 0 aromatic heterocycles. The van der Waals surface area contributed by atoms with Gasteiger partial charge >= 0.3 is 0 Å². The van der Waals surface area contributed by atoms with Crippen molar-refractivity contribution < 1.29 is 0 Å². The molecule has 3 atom stereocenters. The summed E-state index contributed by atoms with van der Waals surface area (Å²) in [6, 6.07) is 0. The molecule has 2 aliphatic rings. The van der Waals surface area contributed by atoms with Crippen molar-refractivity contribution in [2.75, 3.05) is 25.4 Å². The molecule has 2 heterocycles. The fraction of sp³-hybridized carbons (Fsp3) is 1.00. The Kier molecular flexibility index (Phi) is 2.86. The first-order valence-corrected chi connectivity index (χ1v) is 6.31. The summed E-state index contributed by atoms with van der Waals surface area (Å²) in [5.74, 6) is 2.94. The van der Waals surface area contributed by atoms with Gasteiger partial charge in [-0.2, -0.15) is 0 Å². The lowest BCUT2D eigenvalue weighted by Crippen LogP contribution is -2.59. The smallest absolute Gasteiger partial charge is 0.0695 e. The summed E-state index contributed by atoms with van der Waals surface area (Å²) in [4.78, 5) is 0.401. The standard InChI is InChI=1S/C10H20N2S/c1-8-5-12-10(13-7-8)3-4-11-6-9(10)2/h8-9,11-12H,3-7H2,1-2H3. The monoisotopic (exact) mass is 200 g/mol. The number of hydrogen-bond acceptors (Lipinski definition) is 3. The van der Waals surface area contributed by atoms with Crippen LogP contribution in [0.1, 0.15) is 20.3 Å². The Labute approximate surface area is 85.2 Å². The van der Waals surface area contributed by atoms with Crippen molar-refractivity contribution in [1.29, 1.82) is 0 Å². The topological polar surface area (TPSA) is 24.1 Å². The molecule has 2 N–H and O–H groups in total. The number of nitrogens with one attached hydrogen (secondary N) is 2. The molecule has 76 valence electrons. The quantitative estimate of drug-likeness (QED) is 0.616. The van der Waals surface area contributed by atoms with Gasteiger partial charge in [-0.1, -0.05) is 13.8 Å². The Morgan fingerprint density at radius 3 is 2.77 bits per heavy atom. The minimum atomic E-state index is 0.401. The van der Waals surface area contributed by atoms with Crippen molar-refractivity contribution in [3.63, 3.8) is 0 Å². The van der Waals surface area contributed by atoms with E-state index in [-0.39, 0.29) is 0 Å².